The van der Waals surface area contributed by atoms with Gasteiger partial charge in [-0.05, 0) is 61.8 Å². The summed E-state index contributed by atoms with van der Waals surface area (Å²) in [5.74, 6) is -0.566. The number of halogens is 1. The van der Waals surface area contributed by atoms with Gasteiger partial charge in [0.1, 0.15) is 5.82 Å². The zero-order valence-electron chi connectivity index (χ0n) is 19.4. The van der Waals surface area contributed by atoms with Gasteiger partial charge in [-0.3, -0.25) is 9.69 Å². The summed E-state index contributed by atoms with van der Waals surface area (Å²) in [6.07, 6.45) is 2.44. The maximum atomic E-state index is 14.1. The lowest BCUT2D eigenvalue weighted by Crippen LogP contribution is -2.35. The number of likely N-dealkylation sites (tertiary alicyclic amines) is 1. The number of amides is 1. The van der Waals surface area contributed by atoms with Crippen molar-refractivity contribution in [2.75, 3.05) is 52.5 Å². The van der Waals surface area contributed by atoms with Crippen molar-refractivity contribution in [3.05, 3.63) is 65.5 Å². The highest BCUT2D eigenvalue weighted by molar-refractivity contribution is 6.07. The summed E-state index contributed by atoms with van der Waals surface area (Å²) in [7, 11) is 0. The molecule has 6 nitrogen and oxygen atoms in total. The van der Waals surface area contributed by atoms with Crippen LogP contribution < -0.4 is 5.32 Å². The first-order chi connectivity index (χ1) is 16.7. The Balaban J connectivity index is 1.41. The number of pyridine rings is 1. The average Bonchev–Trinajstić information content (AvgIpc) is 3.38. The molecule has 1 amide bonds. The van der Waals surface area contributed by atoms with Gasteiger partial charge in [0, 0.05) is 43.7 Å². The number of fused-ring (bicyclic) bond motifs is 1. The second-order valence-electron chi connectivity index (χ2n) is 9.11. The summed E-state index contributed by atoms with van der Waals surface area (Å²) in [5.41, 5.74) is 3.93. The Bertz CT molecular complexity index is 1160. The molecule has 2 aliphatic heterocycles. The molecule has 2 aliphatic rings. The van der Waals surface area contributed by atoms with Crippen molar-refractivity contribution >= 4 is 16.8 Å². The Hall–Kier alpha value is -2.87. The number of ether oxygens (including phenoxy) is 1. The maximum absolute atomic E-state index is 14.1. The van der Waals surface area contributed by atoms with Gasteiger partial charge in [0.15, 0.2) is 0 Å². The van der Waals surface area contributed by atoms with Gasteiger partial charge in [0.05, 0.1) is 30.0 Å². The van der Waals surface area contributed by atoms with Crippen LogP contribution in [0.15, 0.2) is 48.5 Å². The minimum Gasteiger partial charge on any atom is -0.379 e. The number of carbonyl (C=O) groups is 1. The van der Waals surface area contributed by atoms with E-state index in [0.29, 0.717) is 28.7 Å². The monoisotopic (exact) mass is 462 g/mol. The summed E-state index contributed by atoms with van der Waals surface area (Å²) >= 11 is 0. The molecule has 0 spiro atoms. The molecule has 2 saturated heterocycles. The van der Waals surface area contributed by atoms with Crippen molar-refractivity contribution in [3.63, 3.8) is 0 Å². The Morgan fingerprint density at radius 1 is 1.00 bits per heavy atom. The van der Waals surface area contributed by atoms with Crippen molar-refractivity contribution < 1.29 is 13.9 Å². The molecule has 3 heterocycles. The van der Waals surface area contributed by atoms with E-state index < -0.39 is 0 Å². The zero-order chi connectivity index (χ0) is 23.3. The van der Waals surface area contributed by atoms with Crippen LogP contribution in [-0.4, -0.2) is 73.2 Å². The molecule has 0 aliphatic carbocycles. The van der Waals surface area contributed by atoms with Crippen LogP contribution in [0.4, 0.5) is 4.39 Å². The Morgan fingerprint density at radius 3 is 2.65 bits per heavy atom. The summed E-state index contributed by atoms with van der Waals surface area (Å²) in [5, 5.41) is 3.57. The molecule has 2 aromatic carbocycles. The quantitative estimate of drug-likeness (QED) is 0.580. The van der Waals surface area contributed by atoms with E-state index in [4.69, 9.17) is 9.72 Å². The number of carbonyl (C=O) groups excluding carboxylic acids is 1. The number of hydrogen-bond acceptors (Lipinski definition) is 5. The molecule has 0 atom stereocenters. The molecule has 0 bridgehead atoms. The van der Waals surface area contributed by atoms with Gasteiger partial charge in [-0.25, -0.2) is 9.37 Å². The molecule has 0 radical (unpaired) electrons. The molecule has 1 aromatic heterocycles. The molecule has 0 saturated carbocycles. The lowest BCUT2D eigenvalue weighted by molar-refractivity contribution is 0.0342. The highest BCUT2D eigenvalue weighted by atomic mass is 19.1. The molecular weight excluding hydrogens is 431 g/mol. The van der Waals surface area contributed by atoms with Gasteiger partial charge >= 0.3 is 0 Å². The fraction of sp³-hybridized carbons (Fsp3) is 0.407. The van der Waals surface area contributed by atoms with E-state index in [2.05, 4.69) is 27.2 Å². The number of benzene rings is 2. The van der Waals surface area contributed by atoms with Crippen LogP contribution in [0.2, 0.25) is 0 Å². The molecule has 2 fully saturated rings. The molecule has 1 N–H and O–H groups in total. The van der Waals surface area contributed by atoms with Gasteiger partial charge in [-0.15, -0.1) is 0 Å². The van der Waals surface area contributed by atoms with E-state index in [1.54, 1.807) is 12.1 Å². The second kappa shape index (κ2) is 10.6. The van der Waals surface area contributed by atoms with Crippen LogP contribution >= 0.6 is 0 Å². The van der Waals surface area contributed by atoms with Gasteiger partial charge in [-0.2, -0.15) is 0 Å². The Morgan fingerprint density at radius 2 is 1.82 bits per heavy atom. The van der Waals surface area contributed by atoms with Gasteiger partial charge in [0.25, 0.3) is 5.91 Å². The third-order valence-corrected chi connectivity index (χ3v) is 6.66. The third-order valence-electron chi connectivity index (χ3n) is 6.66. The minimum absolute atomic E-state index is 0.192. The van der Waals surface area contributed by atoms with E-state index in [0.717, 1.165) is 58.0 Å². The van der Waals surface area contributed by atoms with E-state index in [-0.39, 0.29) is 11.7 Å². The van der Waals surface area contributed by atoms with Crippen molar-refractivity contribution in [1.82, 2.24) is 20.1 Å². The highest BCUT2D eigenvalue weighted by Crippen LogP contribution is 2.27. The van der Waals surface area contributed by atoms with Crippen LogP contribution in [0.25, 0.3) is 22.2 Å². The summed E-state index contributed by atoms with van der Waals surface area (Å²) in [4.78, 5) is 22.7. The summed E-state index contributed by atoms with van der Waals surface area (Å²) in [6.45, 7) is 7.80. The fourth-order valence-corrected chi connectivity index (χ4v) is 4.81. The van der Waals surface area contributed by atoms with Gasteiger partial charge in [-0.1, -0.05) is 18.2 Å². The number of hydrogen-bond donors (Lipinski definition) is 1. The maximum Gasteiger partial charge on any atom is 0.252 e. The first kappa shape index (κ1) is 22.9. The molecule has 0 unspecified atom stereocenters. The number of morpholine rings is 1. The molecular formula is C27H31FN4O2. The number of nitrogens with one attached hydrogen (secondary N) is 1. The van der Waals surface area contributed by atoms with Crippen LogP contribution in [-0.2, 0) is 11.3 Å². The lowest BCUT2D eigenvalue weighted by Gasteiger charge is -2.26. The third kappa shape index (κ3) is 5.43. The standard InChI is InChI=1S/C27H31FN4O2/c28-22-6-7-25-23(17-22)24(27(33)29-8-11-31-9-1-2-10-31)18-26(30-25)21-5-3-4-20(16-21)19-32-12-14-34-15-13-32/h3-7,16-18H,1-2,8-15,19H2,(H,29,33). The Kier molecular flexibility index (Phi) is 7.13. The predicted octanol–water partition coefficient (Wildman–Crippen LogP) is 3.70. The van der Waals surface area contributed by atoms with Gasteiger partial charge < -0.3 is 15.0 Å². The van der Waals surface area contributed by atoms with Crippen molar-refractivity contribution in [2.24, 2.45) is 0 Å². The first-order valence-corrected chi connectivity index (χ1v) is 12.2. The second-order valence-corrected chi connectivity index (χ2v) is 9.11. The van der Waals surface area contributed by atoms with E-state index >= 15 is 0 Å². The van der Waals surface area contributed by atoms with Crippen LogP contribution in [0, 0.1) is 5.82 Å². The number of aromatic nitrogens is 1. The predicted molar refractivity (Wildman–Crippen MR) is 131 cm³/mol. The van der Waals surface area contributed by atoms with E-state index in [9.17, 15) is 9.18 Å². The van der Waals surface area contributed by atoms with Crippen molar-refractivity contribution in [3.8, 4) is 11.3 Å². The average molecular weight is 463 g/mol. The van der Waals surface area contributed by atoms with Crippen molar-refractivity contribution in [1.29, 1.82) is 0 Å². The van der Waals surface area contributed by atoms with Crippen LogP contribution in [0.1, 0.15) is 28.8 Å². The number of nitrogens with zero attached hydrogens (tertiary/aromatic N) is 3. The minimum atomic E-state index is -0.374. The van der Waals surface area contributed by atoms with E-state index in [1.807, 2.05) is 12.1 Å². The normalized spacial score (nSPS) is 17.3. The molecule has 178 valence electrons. The zero-order valence-corrected chi connectivity index (χ0v) is 19.4. The molecule has 5 rings (SSSR count). The summed E-state index contributed by atoms with van der Waals surface area (Å²) < 4.78 is 19.5. The van der Waals surface area contributed by atoms with Crippen molar-refractivity contribution in [2.45, 2.75) is 19.4 Å². The SMILES string of the molecule is O=C(NCCN1CCCC1)c1cc(-c2cccc(CN3CCOCC3)c2)nc2ccc(F)cc12. The summed E-state index contributed by atoms with van der Waals surface area (Å²) in [6, 6.07) is 14.5. The first-order valence-electron chi connectivity index (χ1n) is 12.2. The highest BCUT2D eigenvalue weighted by Gasteiger charge is 2.17. The van der Waals surface area contributed by atoms with Crippen LogP contribution in [0.5, 0.6) is 0 Å². The van der Waals surface area contributed by atoms with Gasteiger partial charge in [0.2, 0.25) is 0 Å². The number of rotatable bonds is 7. The molecule has 34 heavy (non-hydrogen) atoms. The molecule has 3 aromatic rings. The van der Waals surface area contributed by atoms with E-state index in [1.165, 1.54) is 30.5 Å². The Labute approximate surface area is 199 Å². The lowest BCUT2D eigenvalue weighted by atomic mass is 10.0. The fourth-order valence-electron chi connectivity index (χ4n) is 4.81. The topological polar surface area (TPSA) is 57.7 Å². The largest absolute Gasteiger partial charge is 0.379 e. The van der Waals surface area contributed by atoms with Crippen LogP contribution in [0.3, 0.4) is 0 Å². The molecule has 7 heteroatoms. The smallest absolute Gasteiger partial charge is 0.252 e.